The summed E-state index contributed by atoms with van der Waals surface area (Å²) in [6.07, 6.45) is 3.27. The van der Waals surface area contributed by atoms with Crippen LogP contribution in [0.4, 0.5) is 5.69 Å². The van der Waals surface area contributed by atoms with E-state index in [1.54, 1.807) is 17.1 Å². The fourth-order valence-electron chi connectivity index (χ4n) is 2.59. The van der Waals surface area contributed by atoms with E-state index in [0.29, 0.717) is 11.4 Å². The van der Waals surface area contributed by atoms with E-state index in [0.717, 1.165) is 22.5 Å². The van der Waals surface area contributed by atoms with Crippen LogP contribution in [0.5, 0.6) is 0 Å². The molecule has 0 saturated carbocycles. The number of hydrogen-bond donors (Lipinski definition) is 1. The maximum absolute atomic E-state index is 12.5. The summed E-state index contributed by atoms with van der Waals surface area (Å²) < 4.78 is 1.66. The van der Waals surface area contributed by atoms with Crippen molar-refractivity contribution in [3.05, 3.63) is 71.2 Å². The van der Waals surface area contributed by atoms with E-state index in [-0.39, 0.29) is 5.91 Å². The zero-order valence-corrected chi connectivity index (χ0v) is 13.4. The highest BCUT2D eigenvalue weighted by atomic mass is 16.1. The summed E-state index contributed by atoms with van der Waals surface area (Å²) in [6, 6.07) is 11.5. The van der Waals surface area contributed by atoms with Gasteiger partial charge in [-0.25, -0.2) is 9.67 Å². The van der Waals surface area contributed by atoms with Gasteiger partial charge in [-0.1, -0.05) is 12.1 Å². The fraction of sp³-hybridized carbons (Fsp3) is 0.167. The Kier molecular flexibility index (Phi) is 3.93. The molecule has 0 unspecified atom stereocenters. The summed E-state index contributed by atoms with van der Waals surface area (Å²) in [4.78, 5) is 16.8. The van der Waals surface area contributed by atoms with Crippen molar-refractivity contribution in [2.45, 2.75) is 20.8 Å². The molecule has 1 N–H and O–H groups in total. The molecule has 5 nitrogen and oxygen atoms in total. The molecule has 5 heteroatoms. The molecular weight excluding hydrogens is 288 g/mol. The highest BCUT2D eigenvalue weighted by molar-refractivity contribution is 6.05. The van der Waals surface area contributed by atoms with Crippen molar-refractivity contribution in [1.29, 1.82) is 0 Å². The Morgan fingerprint density at radius 2 is 1.83 bits per heavy atom. The van der Waals surface area contributed by atoms with Crippen LogP contribution in [0.1, 0.15) is 27.2 Å². The number of rotatable bonds is 3. The van der Waals surface area contributed by atoms with Crippen LogP contribution in [0, 0.1) is 20.8 Å². The predicted octanol–water partition coefficient (Wildman–Crippen LogP) is 3.44. The highest BCUT2D eigenvalue weighted by Gasteiger charge is 2.15. The van der Waals surface area contributed by atoms with Gasteiger partial charge < -0.3 is 5.32 Å². The number of carbonyl (C=O) groups is 1. The third-order valence-corrected chi connectivity index (χ3v) is 3.60. The van der Waals surface area contributed by atoms with Crippen LogP contribution in [-0.4, -0.2) is 20.7 Å². The molecule has 3 aromatic rings. The molecule has 0 aliphatic heterocycles. The Morgan fingerprint density at radius 3 is 2.48 bits per heavy atom. The van der Waals surface area contributed by atoms with E-state index in [2.05, 4.69) is 21.5 Å². The van der Waals surface area contributed by atoms with E-state index in [9.17, 15) is 4.79 Å². The number of aromatic nitrogens is 3. The van der Waals surface area contributed by atoms with Gasteiger partial charge in [-0.15, -0.1) is 0 Å². The third kappa shape index (κ3) is 3.13. The van der Waals surface area contributed by atoms with Crippen LogP contribution in [0.15, 0.2) is 48.8 Å². The first-order valence-electron chi connectivity index (χ1n) is 7.40. The Labute approximate surface area is 135 Å². The Morgan fingerprint density at radius 1 is 1.09 bits per heavy atom. The monoisotopic (exact) mass is 306 g/mol. The van der Waals surface area contributed by atoms with Gasteiger partial charge in [0.25, 0.3) is 5.91 Å². The third-order valence-electron chi connectivity index (χ3n) is 3.60. The van der Waals surface area contributed by atoms with Crippen LogP contribution in [0.2, 0.25) is 0 Å². The molecule has 3 rings (SSSR count). The van der Waals surface area contributed by atoms with Gasteiger partial charge >= 0.3 is 0 Å². The molecule has 0 bridgehead atoms. The molecule has 1 aromatic carbocycles. The molecule has 0 atom stereocenters. The lowest BCUT2D eigenvalue weighted by molar-refractivity contribution is 0.102. The van der Waals surface area contributed by atoms with Crippen molar-refractivity contribution in [1.82, 2.24) is 14.8 Å². The summed E-state index contributed by atoms with van der Waals surface area (Å²) in [5.74, 6) is 0.519. The van der Waals surface area contributed by atoms with Crippen LogP contribution in [-0.2, 0) is 0 Å². The Hall–Kier alpha value is -2.95. The number of nitrogens with one attached hydrogen (secondary N) is 1. The minimum atomic E-state index is -0.172. The molecule has 23 heavy (non-hydrogen) atoms. The lowest BCUT2D eigenvalue weighted by Gasteiger charge is -2.08. The number of nitrogens with zero attached hydrogens (tertiary/aromatic N) is 3. The van der Waals surface area contributed by atoms with Gasteiger partial charge in [0.2, 0.25) is 0 Å². The van der Waals surface area contributed by atoms with Gasteiger partial charge in [0.15, 0.2) is 5.82 Å². The summed E-state index contributed by atoms with van der Waals surface area (Å²) in [5, 5.41) is 7.21. The molecule has 0 saturated heterocycles. The first kappa shape index (κ1) is 15.0. The Bertz CT molecular complexity index is 832. The van der Waals surface area contributed by atoms with Gasteiger partial charge in [-0.05, 0) is 56.2 Å². The first-order valence-corrected chi connectivity index (χ1v) is 7.40. The summed E-state index contributed by atoms with van der Waals surface area (Å²) in [6.45, 7) is 5.87. The van der Waals surface area contributed by atoms with Gasteiger partial charge in [0.05, 0.1) is 17.5 Å². The van der Waals surface area contributed by atoms with E-state index < -0.39 is 0 Å². The highest BCUT2D eigenvalue weighted by Crippen LogP contribution is 2.17. The second kappa shape index (κ2) is 6.04. The molecule has 0 radical (unpaired) electrons. The average Bonchev–Trinajstić information content (AvgIpc) is 2.89. The molecular formula is C18H18N4O. The second-order valence-electron chi connectivity index (χ2n) is 5.57. The van der Waals surface area contributed by atoms with Crippen LogP contribution in [0.3, 0.4) is 0 Å². The second-order valence-corrected chi connectivity index (χ2v) is 5.57. The molecule has 0 aliphatic rings. The maximum Gasteiger partial charge on any atom is 0.259 e. The number of carbonyl (C=O) groups excluding carboxylic acids is 1. The van der Waals surface area contributed by atoms with Crippen LogP contribution >= 0.6 is 0 Å². The zero-order chi connectivity index (χ0) is 16.4. The molecule has 0 fully saturated rings. The quantitative estimate of drug-likeness (QED) is 0.806. The normalized spacial score (nSPS) is 10.6. The smallest absolute Gasteiger partial charge is 0.259 e. The number of anilines is 1. The van der Waals surface area contributed by atoms with Crippen molar-refractivity contribution >= 4 is 11.6 Å². The summed E-state index contributed by atoms with van der Waals surface area (Å²) in [7, 11) is 0. The fourth-order valence-corrected chi connectivity index (χ4v) is 2.59. The number of benzene rings is 1. The van der Waals surface area contributed by atoms with Crippen molar-refractivity contribution in [3.8, 4) is 5.82 Å². The van der Waals surface area contributed by atoms with E-state index >= 15 is 0 Å². The van der Waals surface area contributed by atoms with Gasteiger partial charge in [0, 0.05) is 11.9 Å². The molecule has 0 aliphatic carbocycles. The number of amides is 1. The molecule has 1 amide bonds. The lowest BCUT2D eigenvalue weighted by atomic mass is 10.1. The van der Waals surface area contributed by atoms with Gasteiger partial charge in [0.1, 0.15) is 0 Å². The largest absolute Gasteiger partial charge is 0.322 e. The van der Waals surface area contributed by atoms with Crippen molar-refractivity contribution < 1.29 is 4.79 Å². The van der Waals surface area contributed by atoms with Crippen molar-refractivity contribution in [2.24, 2.45) is 0 Å². The number of hydrogen-bond acceptors (Lipinski definition) is 3. The SMILES string of the molecule is Cc1cc(C)cc(NC(=O)c2cnn(-c3ccccn3)c2C)c1. The van der Waals surface area contributed by atoms with E-state index in [1.807, 2.05) is 51.1 Å². The molecule has 0 spiro atoms. The van der Waals surface area contributed by atoms with E-state index in [4.69, 9.17) is 0 Å². The standard InChI is InChI=1S/C18H18N4O/c1-12-8-13(2)10-15(9-12)21-18(23)16-11-20-22(14(16)3)17-6-4-5-7-19-17/h4-11H,1-3H3,(H,21,23). The summed E-state index contributed by atoms with van der Waals surface area (Å²) in [5.41, 5.74) is 4.31. The van der Waals surface area contributed by atoms with Crippen LogP contribution in [0.25, 0.3) is 5.82 Å². The van der Waals surface area contributed by atoms with Crippen molar-refractivity contribution in [2.75, 3.05) is 5.32 Å². The Balaban J connectivity index is 1.87. The van der Waals surface area contributed by atoms with Crippen molar-refractivity contribution in [3.63, 3.8) is 0 Å². The minimum absolute atomic E-state index is 0.172. The maximum atomic E-state index is 12.5. The first-order chi connectivity index (χ1) is 11.0. The zero-order valence-electron chi connectivity index (χ0n) is 13.4. The lowest BCUT2D eigenvalue weighted by Crippen LogP contribution is -2.13. The molecule has 2 heterocycles. The van der Waals surface area contributed by atoms with E-state index in [1.165, 1.54) is 0 Å². The number of pyridine rings is 1. The topological polar surface area (TPSA) is 59.8 Å². The predicted molar refractivity (Wildman–Crippen MR) is 90.0 cm³/mol. The summed E-state index contributed by atoms with van der Waals surface area (Å²) >= 11 is 0. The van der Waals surface area contributed by atoms with Crippen LogP contribution < -0.4 is 5.32 Å². The molecule has 116 valence electrons. The van der Waals surface area contributed by atoms with Gasteiger partial charge in [-0.3, -0.25) is 4.79 Å². The molecule has 2 aromatic heterocycles. The minimum Gasteiger partial charge on any atom is -0.322 e. The van der Waals surface area contributed by atoms with Gasteiger partial charge in [-0.2, -0.15) is 5.10 Å². The number of aryl methyl sites for hydroxylation is 2. The average molecular weight is 306 g/mol.